The Kier molecular flexibility index (Phi) is 3.65. The molecule has 0 N–H and O–H groups in total. The van der Waals surface area contributed by atoms with Gasteiger partial charge in [-0.05, 0) is 24.3 Å². The standard InChI is InChI=1S/C14H8FNO4/c15-12-7-2-1-5-10(12)14(18)11-6-3-4-9(8-17)13(11)16(19)20/h1-8H. The van der Waals surface area contributed by atoms with E-state index in [-0.39, 0.29) is 23.0 Å². The molecule has 0 spiro atoms. The lowest BCUT2D eigenvalue weighted by Crippen LogP contribution is -2.09. The van der Waals surface area contributed by atoms with E-state index in [0.717, 1.165) is 6.07 Å². The molecule has 2 aromatic rings. The van der Waals surface area contributed by atoms with Crippen molar-refractivity contribution in [1.82, 2.24) is 0 Å². The van der Waals surface area contributed by atoms with Crippen LogP contribution in [0, 0.1) is 15.9 Å². The average Bonchev–Trinajstić information content (AvgIpc) is 2.46. The number of halogens is 1. The second kappa shape index (κ2) is 5.40. The van der Waals surface area contributed by atoms with Gasteiger partial charge in [0.1, 0.15) is 11.4 Å². The number of ketones is 1. The van der Waals surface area contributed by atoms with Gasteiger partial charge in [0.05, 0.1) is 16.1 Å². The Morgan fingerprint density at radius 1 is 1.10 bits per heavy atom. The third-order valence-corrected chi connectivity index (χ3v) is 2.74. The molecule has 2 aromatic carbocycles. The summed E-state index contributed by atoms with van der Waals surface area (Å²) in [6, 6.07) is 8.93. The van der Waals surface area contributed by atoms with E-state index in [9.17, 15) is 24.1 Å². The zero-order chi connectivity index (χ0) is 14.7. The number of carbonyl (C=O) groups is 2. The molecule has 0 bridgehead atoms. The monoisotopic (exact) mass is 273 g/mol. The molecule has 0 heterocycles. The Morgan fingerprint density at radius 2 is 1.75 bits per heavy atom. The minimum atomic E-state index is -0.835. The van der Waals surface area contributed by atoms with Crippen molar-refractivity contribution in [3.8, 4) is 0 Å². The van der Waals surface area contributed by atoms with Crippen LogP contribution < -0.4 is 0 Å². The van der Waals surface area contributed by atoms with Gasteiger partial charge < -0.3 is 0 Å². The summed E-state index contributed by atoms with van der Waals surface area (Å²) in [7, 11) is 0. The van der Waals surface area contributed by atoms with Crippen LogP contribution in [0.25, 0.3) is 0 Å². The van der Waals surface area contributed by atoms with Crippen LogP contribution in [-0.2, 0) is 0 Å². The number of hydrogen-bond donors (Lipinski definition) is 0. The van der Waals surface area contributed by atoms with E-state index in [1.807, 2.05) is 0 Å². The number of nitro groups is 1. The SMILES string of the molecule is O=Cc1cccc(C(=O)c2ccccc2F)c1[N+](=O)[O-]. The molecule has 20 heavy (non-hydrogen) atoms. The Bertz CT molecular complexity index is 712. The lowest BCUT2D eigenvalue weighted by atomic mass is 9.99. The minimum Gasteiger partial charge on any atom is -0.298 e. The number of nitrogens with zero attached hydrogens (tertiary/aromatic N) is 1. The summed E-state index contributed by atoms with van der Waals surface area (Å²) in [6.07, 6.45) is 0.288. The van der Waals surface area contributed by atoms with Crippen molar-refractivity contribution in [3.05, 3.63) is 75.1 Å². The predicted molar refractivity (Wildman–Crippen MR) is 68.3 cm³/mol. The first kappa shape index (κ1) is 13.5. The van der Waals surface area contributed by atoms with Crippen LogP contribution in [0.4, 0.5) is 10.1 Å². The summed E-state index contributed by atoms with van der Waals surface area (Å²) in [5.74, 6) is -1.61. The van der Waals surface area contributed by atoms with Gasteiger partial charge >= 0.3 is 0 Å². The molecule has 5 nitrogen and oxygen atoms in total. The third kappa shape index (κ3) is 2.31. The van der Waals surface area contributed by atoms with E-state index in [1.54, 1.807) is 0 Å². The molecule has 0 radical (unpaired) electrons. The Hall–Kier alpha value is -2.89. The van der Waals surface area contributed by atoms with E-state index in [4.69, 9.17) is 0 Å². The Labute approximate surface area is 112 Å². The van der Waals surface area contributed by atoms with Gasteiger partial charge in [0.25, 0.3) is 5.69 Å². The summed E-state index contributed by atoms with van der Waals surface area (Å²) >= 11 is 0. The maximum atomic E-state index is 13.6. The summed E-state index contributed by atoms with van der Waals surface area (Å²) in [6.45, 7) is 0. The van der Waals surface area contributed by atoms with Crippen molar-refractivity contribution in [2.75, 3.05) is 0 Å². The number of carbonyl (C=O) groups excluding carboxylic acids is 2. The highest BCUT2D eigenvalue weighted by Gasteiger charge is 2.26. The quantitative estimate of drug-likeness (QED) is 0.371. The van der Waals surface area contributed by atoms with Gasteiger partial charge in [0.15, 0.2) is 6.29 Å². The molecule has 0 aliphatic rings. The first-order valence-corrected chi connectivity index (χ1v) is 5.58. The second-order valence-corrected chi connectivity index (χ2v) is 3.93. The van der Waals surface area contributed by atoms with Crippen LogP contribution in [0.15, 0.2) is 42.5 Å². The lowest BCUT2D eigenvalue weighted by Gasteiger charge is -2.05. The van der Waals surface area contributed by atoms with Crippen LogP contribution in [-0.4, -0.2) is 17.0 Å². The molecule has 0 unspecified atom stereocenters. The normalized spacial score (nSPS) is 10.1. The molecule has 0 saturated heterocycles. The Morgan fingerprint density at radius 3 is 2.35 bits per heavy atom. The van der Waals surface area contributed by atoms with Gasteiger partial charge in [0, 0.05) is 0 Å². The topological polar surface area (TPSA) is 77.3 Å². The third-order valence-electron chi connectivity index (χ3n) is 2.74. The van der Waals surface area contributed by atoms with Crippen LogP contribution >= 0.6 is 0 Å². The van der Waals surface area contributed by atoms with Crippen LogP contribution in [0.3, 0.4) is 0 Å². The van der Waals surface area contributed by atoms with Crippen LogP contribution in [0.2, 0.25) is 0 Å². The number of aldehydes is 1. The van der Waals surface area contributed by atoms with Crippen molar-refractivity contribution in [1.29, 1.82) is 0 Å². The summed E-state index contributed by atoms with van der Waals surface area (Å²) in [5.41, 5.74) is -1.43. The molecule has 0 aliphatic carbocycles. The van der Waals surface area contributed by atoms with Gasteiger partial charge in [-0.3, -0.25) is 19.7 Å². The number of benzene rings is 2. The minimum absolute atomic E-state index is 0.225. The van der Waals surface area contributed by atoms with Crippen molar-refractivity contribution < 1.29 is 18.9 Å². The fourth-order valence-corrected chi connectivity index (χ4v) is 1.83. The van der Waals surface area contributed by atoms with Crippen molar-refractivity contribution >= 4 is 17.8 Å². The zero-order valence-electron chi connectivity index (χ0n) is 10.1. The molecule has 0 aromatic heterocycles. The fourth-order valence-electron chi connectivity index (χ4n) is 1.83. The second-order valence-electron chi connectivity index (χ2n) is 3.93. The van der Waals surface area contributed by atoms with Gasteiger partial charge in [0.2, 0.25) is 5.78 Å². The molecule has 0 atom stereocenters. The van der Waals surface area contributed by atoms with E-state index in [0.29, 0.717) is 0 Å². The maximum absolute atomic E-state index is 13.6. The van der Waals surface area contributed by atoms with Crippen LogP contribution in [0.1, 0.15) is 26.3 Å². The summed E-state index contributed by atoms with van der Waals surface area (Å²) in [4.78, 5) is 33.2. The van der Waals surface area contributed by atoms with E-state index >= 15 is 0 Å². The number of rotatable bonds is 4. The smallest absolute Gasteiger partial charge is 0.291 e. The lowest BCUT2D eigenvalue weighted by molar-refractivity contribution is -0.385. The van der Waals surface area contributed by atoms with Gasteiger partial charge in [-0.15, -0.1) is 0 Å². The van der Waals surface area contributed by atoms with E-state index in [1.165, 1.54) is 36.4 Å². The van der Waals surface area contributed by atoms with E-state index in [2.05, 4.69) is 0 Å². The average molecular weight is 273 g/mol. The largest absolute Gasteiger partial charge is 0.298 e. The predicted octanol–water partition coefficient (Wildman–Crippen LogP) is 2.78. The number of para-hydroxylation sites is 1. The molecule has 100 valence electrons. The van der Waals surface area contributed by atoms with E-state index < -0.39 is 22.2 Å². The molecule has 0 fully saturated rings. The highest BCUT2D eigenvalue weighted by molar-refractivity contribution is 6.12. The molecule has 0 saturated carbocycles. The molecular formula is C14H8FNO4. The molecule has 2 rings (SSSR count). The molecule has 6 heteroatoms. The molecule has 0 aliphatic heterocycles. The summed E-state index contributed by atoms with van der Waals surface area (Å²) in [5, 5.41) is 11.0. The summed E-state index contributed by atoms with van der Waals surface area (Å²) < 4.78 is 13.6. The fraction of sp³-hybridized carbons (Fsp3) is 0. The van der Waals surface area contributed by atoms with Crippen molar-refractivity contribution in [2.24, 2.45) is 0 Å². The van der Waals surface area contributed by atoms with Crippen molar-refractivity contribution in [2.45, 2.75) is 0 Å². The van der Waals surface area contributed by atoms with Crippen molar-refractivity contribution in [3.63, 3.8) is 0 Å². The highest BCUT2D eigenvalue weighted by atomic mass is 19.1. The number of nitro benzene ring substituents is 1. The van der Waals surface area contributed by atoms with Gasteiger partial charge in [-0.2, -0.15) is 0 Å². The first-order chi connectivity index (χ1) is 9.56. The van der Waals surface area contributed by atoms with Gasteiger partial charge in [-0.25, -0.2) is 4.39 Å². The number of hydrogen-bond acceptors (Lipinski definition) is 4. The first-order valence-electron chi connectivity index (χ1n) is 5.58. The molecule has 0 amide bonds. The molecular weight excluding hydrogens is 265 g/mol. The Balaban J connectivity index is 2.64. The maximum Gasteiger partial charge on any atom is 0.291 e. The highest BCUT2D eigenvalue weighted by Crippen LogP contribution is 2.25. The van der Waals surface area contributed by atoms with Gasteiger partial charge in [-0.1, -0.05) is 18.2 Å². The van der Waals surface area contributed by atoms with Crippen LogP contribution in [0.5, 0.6) is 0 Å². The zero-order valence-corrected chi connectivity index (χ0v) is 10.1.